The average Bonchev–Trinajstić information content (AvgIpc) is 2.54. The van der Waals surface area contributed by atoms with Crippen LogP contribution in [0.15, 0.2) is 58.3 Å². The molecule has 1 unspecified atom stereocenters. The Bertz CT molecular complexity index is 568. The second-order valence-corrected chi connectivity index (χ2v) is 7.72. The first kappa shape index (κ1) is 15.0. The zero-order valence-corrected chi connectivity index (χ0v) is 14.7. The molecule has 1 aliphatic rings. The summed E-state index contributed by atoms with van der Waals surface area (Å²) < 4.78 is 0. The fourth-order valence-electron chi connectivity index (χ4n) is 2.70. The van der Waals surface area contributed by atoms with E-state index in [4.69, 9.17) is 0 Å². The van der Waals surface area contributed by atoms with Crippen molar-refractivity contribution >= 4 is 39.1 Å². The smallest absolute Gasteiger partial charge is 0.0552 e. The van der Waals surface area contributed by atoms with Crippen molar-refractivity contribution in [3.05, 3.63) is 48.5 Å². The fraction of sp³-hybridized carbons (Fsp3) is 0.333. The molecule has 0 saturated heterocycles. The van der Waals surface area contributed by atoms with Gasteiger partial charge in [0.15, 0.2) is 0 Å². The van der Waals surface area contributed by atoms with Gasteiger partial charge in [0.25, 0.3) is 0 Å². The number of fused-ring (bicyclic) bond motifs is 2. The van der Waals surface area contributed by atoms with Gasteiger partial charge in [-0.1, -0.05) is 58.9 Å². The Kier molecular flexibility index (Phi) is 4.91. The number of anilines is 2. The molecule has 1 heterocycles. The molecule has 0 bridgehead atoms. The van der Waals surface area contributed by atoms with Crippen LogP contribution in [-0.4, -0.2) is 11.4 Å². The van der Waals surface area contributed by atoms with E-state index in [-0.39, 0.29) is 0 Å². The topological polar surface area (TPSA) is 3.24 Å². The minimum atomic E-state index is 0.641. The molecule has 1 atom stereocenters. The lowest BCUT2D eigenvalue weighted by molar-refractivity contribution is 0.687. The molecule has 0 fully saturated rings. The van der Waals surface area contributed by atoms with Gasteiger partial charge in [0.05, 0.1) is 11.4 Å². The number of hydrogen-bond acceptors (Lipinski definition) is 2. The summed E-state index contributed by atoms with van der Waals surface area (Å²) in [4.78, 5) is 5.85. The van der Waals surface area contributed by atoms with E-state index in [0.717, 1.165) is 6.54 Å². The summed E-state index contributed by atoms with van der Waals surface area (Å²) in [5, 5.41) is 0. The van der Waals surface area contributed by atoms with Crippen molar-refractivity contribution in [2.45, 2.75) is 40.8 Å². The van der Waals surface area contributed by atoms with Crippen molar-refractivity contribution in [3.8, 4) is 0 Å². The lowest BCUT2D eigenvalue weighted by Gasteiger charge is -2.33. The van der Waals surface area contributed by atoms with E-state index in [1.807, 2.05) is 11.8 Å². The zero-order chi connectivity index (χ0) is 14.7. The molecule has 2 aromatic rings. The molecule has 0 amide bonds. The quantitative estimate of drug-likeness (QED) is 0.579. The van der Waals surface area contributed by atoms with Crippen LogP contribution in [0.4, 0.5) is 11.4 Å². The van der Waals surface area contributed by atoms with E-state index in [1.54, 1.807) is 0 Å². The molecule has 0 saturated carbocycles. The first-order valence-corrected chi connectivity index (χ1v) is 9.30. The van der Waals surface area contributed by atoms with Crippen LogP contribution in [0.1, 0.15) is 26.2 Å². The Morgan fingerprint density at radius 1 is 1.00 bits per heavy atom. The van der Waals surface area contributed by atoms with Gasteiger partial charge in [-0.25, -0.2) is 0 Å². The first-order valence-electron chi connectivity index (χ1n) is 7.57. The Morgan fingerprint density at radius 2 is 1.57 bits per heavy atom. The van der Waals surface area contributed by atoms with Crippen LogP contribution < -0.4 is 4.90 Å². The van der Waals surface area contributed by atoms with Gasteiger partial charge in [-0.3, -0.25) is 0 Å². The predicted octanol–water partition coefficient (Wildman–Crippen LogP) is 6.24. The second-order valence-electron chi connectivity index (χ2n) is 5.34. The van der Waals surface area contributed by atoms with E-state index in [2.05, 4.69) is 76.3 Å². The molecule has 21 heavy (non-hydrogen) atoms. The summed E-state index contributed by atoms with van der Waals surface area (Å²) in [6.45, 7) is 3.32. The average molecular weight is 362 g/mol. The molecule has 1 aliphatic heterocycles. The van der Waals surface area contributed by atoms with Crippen LogP contribution in [-0.2, 0) is 0 Å². The van der Waals surface area contributed by atoms with Crippen molar-refractivity contribution in [2.24, 2.45) is 0 Å². The SMILES string of the molecule is CCC(Br)CCCN1c2ccccc2Sc2ccccc21. The van der Waals surface area contributed by atoms with Crippen molar-refractivity contribution in [3.63, 3.8) is 0 Å². The molecule has 110 valence electrons. The maximum absolute atomic E-state index is 3.74. The number of para-hydroxylation sites is 2. The van der Waals surface area contributed by atoms with Crippen LogP contribution in [0.3, 0.4) is 0 Å². The standard InChI is InChI=1S/C18H20BrNS/c1-2-14(19)8-7-13-20-15-9-3-5-11-17(15)21-18-12-6-4-10-16(18)20/h3-6,9-12,14H,2,7-8,13H2,1H3. The van der Waals surface area contributed by atoms with Crippen LogP contribution in [0, 0.1) is 0 Å². The summed E-state index contributed by atoms with van der Waals surface area (Å²) in [6.07, 6.45) is 3.63. The maximum atomic E-state index is 3.74. The van der Waals surface area contributed by atoms with E-state index in [9.17, 15) is 0 Å². The van der Waals surface area contributed by atoms with Crippen molar-refractivity contribution in [2.75, 3.05) is 11.4 Å². The molecule has 0 aromatic heterocycles. The van der Waals surface area contributed by atoms with Gasteiger partial charge < -0.3 is 4.90 Å². The van der Waals surface area contributed by atoms with Crippen molar-refractivity contribution in [1.82, 2.24) is 0 Å². The lowest BCUT2D eigenvalue weighted by Crippen LogP contribution is -2.22. The third-order valence-corrected chi connectivity index (χ3v) is 6.11. The summed E-state index contributed by atoms with van der Waals surface area (Å²) in [7, 11) is 0. The molecular formula is C18H20BrNS. The van der Waals surface area contributed by atoms with Crippen LogP contribution in [0.25, 0.3) is 0 Å². The predicted molar refractivity (Wildman–Crippen MR) is 96.3 cm³/mol. The normalized spacial score (nSPS) is 14.5. The molecule has 0 aliphatic carbocycles. The van der Waals surface area contributed by atoms with Gasteiger partial charge in [0, 0.05) is 21.2 Å². The van der Waals surface area contributed by atoms with Gasteiger partial charge >= 0.3 is 0 Å². The summed E-state index contributed by atoms with van der Waals surface area (Å²) in [5.41, 5.74) is 2.70. The number of halogens is 1. The molecule has 3 rings (SSSR count). The number of rotatable bonds is 5. The Hall–Kier alpha value is -0.930. The van der Waals surface area contributed by atoms with Crippen LogP contribution in [0.2, 0.25) is 0 Å². The highest BCUT2D eigenvalue weighted by Crippen LogP contribution is 2.47. The van der Waals surface area contributed by atoms with E-state index in [0.29, 0.717) is 4.83 Å². The highest BCUT2D eigenvalue weighted by Gasteiger charge is 2.22. The number of benzene rings is 2. The van der Waals surface area contributed by atoms with Gasteiger partial charge in [-0.2, -0.15) is 0 Å². The third-order valence-electron chi connectivity index (χ3n) is 3.87. The van der Waals surface area contributed by atoms with E-state index in [1.165, 1.54) is 40.4 Å². The number of nitrogens with zero attached hydrogens (tertiary/aromatic N) is 1. The summed E-state index contributed by atoms with van der Waals surface area (Å²) in [6, 6.07) is 17.5. The Balaban J connectivity index is 1.84. The van der Waals surface area contributed by atoms with Crippen molar-refractivity contribution < 1.29 is 0 Å². The minimum absolute atomic E-state index is 0.641. The zero-order valence-electron chi connectivity index (χ0n) is 12.3. The Morgan fingerprint density at radius 3 is 2.14 bits per heavy atom. The number of alkyl halides is 1. The molecule has 0 spiro atoms. The fourth-order valence-corrected chi connectivity index (χ4v) is 4.12. The lowest BCUT2D eigenvalue weighted by atomic mass is 10.1. The molecule has 1 nitrogen and oxygen atoms in total. The van der Waals surface area contributed by atoms with Gasteiger partial charge in [0.2, 0.25) is 0 Å². The van der Waals surface area contributed by atoms with E-state index >= 15 is 0 Å². The summed E-state index contributed by atoms with van der Waals surface area (Å²) in [5.74, 6) is 0. The van der Waals surface area contributed by atoms with Crippen molar-refractivity contribution in [1.29, 1.82) is 0 Å². The first-order chi connectivity index (χ1) is 10.3. The third kappa shape index (κ3) is 3.29. The van der Waals surface area contributed by atoms with E-state index < -0.39 is 0 Å². The van der Waals surface area contributed by atoms with Crippen LogP contribution >= 0.6 is 27.7 Å². The summed E-state index contributed by atoms with van der Waals surface area (Å²) >= 11 is 5.62. The largest absolute Gasteiger partial charge is 0.340 e. The number of hydrogen-bond donors (Lipinski definition) is 0. The monoisotopic (exact) mass is 361 g/mol. The highest BCUT2D eigenvalue weighted by molar-refractivity contribution is 9.09. The minimum Gasteiger partial charge on any atom is -0.340 e. The van der Waals surface area contributed by atoms with Gasteiger partial charge in [-0.05, 0) is 43.5 Å². The van der Waals surface area contributed by atoms with Gasteiger partial charge in [-0.15, -0.1) is 0 Å². The molecule has 2 aromatic carbocycles. The maximum Gasteiger partial charge on any atom is 0.0552 e. The highest BCUT2D eigenvalue weighted by atomic mass is 79.9. The second kappa shape index (κ2) is 6.89. The molecule has 3 heteroatoms. The molecular weight excluding hydrogens is 342 g/mol. The van der Waals surface area contributed by atoms with Gasteiger partial charge in [0.1, 0.15) is 0 Å². The van der Waals surface area contributed by atoms with Crippen LogP contribution in [0.5, 0.6) is 0 Å². The Labute approximate surface area is 139 Å². The molecule has 0 N–H and O–H groups in total. The molecule has 0 radical (unpaired) electrons.